The second-order valence-electron chi connectivity index (χ2n) is 4.93. The maximum Gasteiger partial charge on any atom is 0.0373 e. The summed E-state index contributed by atoms with van der Waals surface area (Å²) in [6.07, 6.45) is 0. The molecular formula is C13H21NS. The molecule has 1 rings (SSSR count). The van der Waals surface area contributed by atoms with Crippen LogP contribution in [0.5, 0.6) is 0 Å². The maximum atomic E-state index is 4.21. The molecule has 1 N–H and O–H groups in total. The van der Waals surface area contributed by atoms with Crippen LogP contribution in [-0.2, 0) is 5.41 Å². The van der Waals surface area contributed by atoms with Crippen LogP contribution in [-0.4, -0.2) is 12.3 Å². The monoisotopic (exact) mass is 223 g/mol. The third-order valence-corrected chi connectivity index (χ3v) is 2.75. The van der Waals surface area contributed by atoms with E-state index in [0.29, 0.717) is 0 Å². The second-order valence-corrected chi connectivity index (χ2v) is 5.38. The molecule has 0 atom stereocenters. The summed E-state index contributed by atoms with van der Waals surface area (Å²) in [5.41, 5.74) is 4.11. The summed E-state index contributed by atoms with van der Waals surface area (Å²) >= 11 is 4.21. The summed E-state index contributed by atoms with van der Waals surface area (Å²) in [6.45, 7) is 9.75. The van der Waals surface area contributed by atoms with Gasteiger partial charge in [0, 0.05) is 18.0 Å². The number of hydrogen-bond donors (Lipinski definition) is 2. The third-order valence-electron chi connectivity index (χ3n) is 2.53. The zero-order chi connectivity index (χ0) is 11.5. The summed E-state index contributed by atoms with van der Waals surface area (Å²) in [6, 6.07) is 6.64. The van der Waals surface area contributed by atoms with Gasteiger partial charge in [-0.3, -0.25) is 0 Å². The Kier molecular flexibility index (Phi) is 4.09. The minimum atomic E-state index is 0.213. The standard InChI is InChI=1S/C13H21NS/c1-10-5-6-11(13(2,3)4)9-12(10)14-7-8-15/h5-6,9,14-15H,7-8H2,1-4H3. The minimum Gasteiger partial charge on any atom is -0.384 e. The molecule has 2 heteroatoms. The van der Waals surface area contributed by atoms with E-state index in [1.54, 1.807) is 0 Å². The SMILES string of the molecule is Cc1ccc(C(C)(C)C)cc1NCCS. The lowest BCUT2D eigenvalue weighted by molar-refractivity contribution is 0.590. The smallest absolute Gasteiger partial charge is 0.0373 e. The molecule has 1 nitrogen and oxygen atoms in total. The zero-order valence-electron chi connectivity index (χ0n) is 10.1. The van der Waals surface area contributed by atoms with Crippen molar-refractivity contribution in [2.24, 2.45) is 0 Å². The number of benzene rings is 1. The van der Waals surface area contributed by atoms with E-state index in [-0.39, 0.29) is 5.41 Å². The van der Waals surface area contributed by atoms with Crippen molar-refractivity contribution >= 4 is 18.3 Å². The lowest BCUT2D eigenvalue weighted by Crippen LogP contribution is -2.12. The highest BCUT2D eigenvalue weighted by molar-refractivity contribution is 7.80. The maximum absolute atomic E-state index is 4.21. The number of rotatable bonds is 3. The molecule has 0 aliphatic heterocycles. The van der Waals surface area contributed by atoms with Crippen molar-refractivity contribution in [1.29, 1.82) is 0 Å². The fourth-order valence-corrected chi connectivity index (χ4v) is 1.58. The van der Waals surface area contributed by atoms with Crippen molar-refractivity contribution < 1.29 is 0 Å². The molecule has 0 saturated heterocycles. The van der Waals surface area contributed by atoms with Gasteiger partial charge in [-0.15, -0.1) is 0 Å². The van der Waals surface area contributed by atoms with Gasteiger partial charge in [-0.2, -0.15) is 12.6 Å². The number of anilines is 1. The van der Waals surface area contributed by atoms with Crippen molar-refractivity contribution in [2.75, 3.05) is 17.6 Å². The van der Waals surface area contributed by atoms with Crippen molar-refractivity contribution in [1.82, 2.24) is 0 Å². The summed E-state index contributed by atoms with van der Waals surface area (Å²) in [4.78, 5) is 0. The van der Waals surface area contributed by atoms with Gasteiger partial charge in [-0.05, 0) is 29.5 Å². The fraction of sp³-hybridized carbons (Fsp3) is 0.538. The van der Waals surface area contributed by atoms with Crippen LogP contribution in [0.15, 0.2) is 18.2 Å². The minimum absolute atomic E-state index is 0.213. The predicted molar refractivity (Wildman–Crippen MR) is 72.2 cm³/mol. The van der Waals surface area contributed by atoms with Crippen LogP contribution in [0.1, 0.15) is 31.9 Å². The average Bonchev–Trinajstić information content (AvgIpc) is 2.15. The molecule has 0 unspecified atom stereocenters. The van der Waals surface area contributed by atoms with E-state index in [1.807, 2.05) is 0 Å². The van der Waals surface area contributed by atoms with Gasteiger partial charge in [0.1, 0.15) is 0 Å². The topological polar surface area (TPSA) is 12.0 Å². The van der Waals surface area contributed by atoms with Gasteiger partial charge < -0.3 is 5.32 Å². The van der Waals surface area contributed by atoms with E-state index in [9.17, 15) is 0 Å². The molecule has 0 fully saturated rings. The van der Waals surface area contributed by atoms with Crippen LogP contribution >= 0.6 is 12.6 Å². The van der Waals surface area contributed by atoms with Gasteiger partial charge in [0.25, 0.3) is 0 Å². The van der Waals surface area contributed by atoms with Crippen LogP contribution < -0.4 is 5.32 Å². The highest BCUT2D eigenvalue weighted by Crippen LogP contribution is 2.26. The van der Waals surface area contributed by atoms with Crippen LogP contribution in [0.2, 0.25) is 0 Å². The highest BCUT2D eigenvalue weighted by atomic mass is 32.1. The lowest BCUT2D eigenvalue weighted by atomic mass is 9.86. The molecular weight excluding hydrogens is 202 g/mol. The van der Waals surface area contributed by atoms with Gasteiger partial charge in [-0.25, -0.2) is 0 Å². The number of hydrogen-bond acceptors (Lipinski definition) is 2. The summed E-state index contributed by atoms with van der Waals surface area (Å²) < 4.78 is 0. The van der Waals surface area contributed by atoms with Crippen molar-refractivity contribution in [3.63, 3.8) is 0 Å². The van der Waals surface area contributed by atoms with E-state index >= 15 is 0 Å². The number of aryl methyl sites for hydroxylation is 1. The molecule has 0 radical (unpaired) electrons. The lowest BCUT2D eigenvalue weighted by Gasteiger charge is -2.21. The predicted octanol–water partition coefficient (Wildman–Crippen LogP) is 3.63. The molecule has 0 aliphatic rings. The third kappa shape index (κ3) is 3.45. The molecule has 0 amide bonds. The molecule has 0 aliphatic carbocycles. The molecule has 1 aromatic rings. The van der Waals surface area contributed by atoms with Gasteiger partial charge in [0.2, 0.25) is 0 Å². The quantitative estimate of drug-likeness (QED) is 0.746. The highest BCUT2D eigenvalue weighted by Gasteiger charge is 2.14. The van der Waals surface area contributed by atoms with E-state index in [2.05, 4.69) is 63.8 Å². The fourth-order valence-electron chi connectivity index (χ4n) is 1.47. The normalized spacial score (nSPS) is 11.5. The molecule has 84 valence electrons. The Morgan fingerprint density at radius 3 is 2.47 bits per heavy atom. The van der Waals surface area contributed by atoms with Crippen LogP contribution in [0.4, 0.5) is 5.69 Å². The molecule has 1 aromatic carbocycles. The Balaban J connectivity index is 2.95. The van der Waals surface area contributed by atoms with Gasteiger partial charge in [0.05, 0.1) is 0 Å². The number of nitrogens with one attached hydrogen (secondary N) is 1. The van der Waals surface area contributed by atoms with Gasteiger partial charge in [0.15, 0.2) is 0 Å². The Labute approximate surface area is 98.7 Å². The molecule has 0 saturated carbocycles. The van der Waals surface area contributed by atoms with E-state index < -0.39 is 0 Å². The Morgan fingerprint density at radius 1 is 1.27 bits per heavy atom. The zero-order valence-corrected chi connectivity index (χ0v) is 11.0. The van der Waals surface area contributed by atoms with Crippen LogP contribution in [0, 0.1) is 6.92 Å². The Morgan fingerprint density at radius 2 is 1.93 bits per heavy atom. The van der Waals surface area contributed by atoms with E-state index in [0.717, 1.165) is 12.3 Å². The van der Waals surface area contributed by atoms with Crippen molar-refractivity contribution in [2.45, 2.75) is 33.1 Å². The van der Waals surface area contributed by atoms with E-state index in [4.69, 9.17) is 0 Å². The second kappa shape index (κ2) is 4.93. The molecule has 0 spiro atoms. The summed E-state index contributed by atoms with van der Waals surface area (Å²) in [5.74, 6) is 0.860. The van der Waals surface area contributed by atoms with Gasteiger partial charge in [-0.1, -0.05) is 32.9 Å². The van der Waals surface area contributed by atoms with Crippen molar-refractivity contribution in [3.8, 4) is 0 Å². The first-order valence-electron chi connectivity index (χ1n) is 5.41. The largest absolute Gasteiger partial charge is 0.384 e. The first-order valence-corrected chi connectivity index (χ1v) is 6.04. The van der Waals surface area contributed by atoms with Crippen LogP contribution in [0.25, 0.3) is 0 Å². The Hall–Kier alpha value is -0.630. The Bertz CT molecular complexity index is 326. The average molecular weight is 223 g/mol. The summed E-state index contributed by atoms with van der Waals surface area (Å²) in [5, 5.41) is 3.40. The van der Waals surface area contributed by atoms with Crippen LogP contribution in [0.3, 0.4) is 0 Å². The first kappa shape index (κ1) is 12.4. The van der Waals surface area contributed by atoms with Gasteiger partial charge >= 0.3 is 0 Å². The molecule has 0 heterocycles. The van der Waals surface area contributed by atoms with Crippen molar-refractivity contribution in [3.05, 3.63) is 29.3 Å². The first-order chi connectivity index (χ1) is 6.95. The summed E-state index contributed by atoms with van der Waals surface area (Å²) in [7, 11) is 0. The van der Waals surface area contributed by atoms with E-state index in [1.165, 1.54) is 16.8 Å². The molecule has 15 heavy (non-hydrogen) atoms. The number of thiol groups is 1. The molecule has 0 aromatic heterocycles. The molecule has 0 bridgehead atoms.